The van der Waals surface area contributed by atoms with Crippen molar-refractivity contribution in [3.63, 3.8) is 0 Å². The Balaban J connectivity index is 2.28. The Morgan fingerprint density at radius 3 is 2.95 bits per heavy atom. The predicted octanol–water partition coefficient (Wildman–Crippen LogP) is 3.39. The lowest BCUT2D eigenvalue weighted by Gasteiger charge is -2.36. The lowest BCUT2D eigenvalue weighted by atomic mass is 10.1. The second kappa shape index (κ2) is 7.11. The smallest absolute Gasteiger partial charge is 0.129 e. The Hall–Kier alpha value is -0.800. The molecule has 0 bridgehead atoms. The van der Waals surface area contributed by atoms with Gasteiger partial charge in [-0.3, -0.25) is 0 Å². The van der Waals surface area contributed by atoms with Crippen molar-refractivity contribution in [3.8, 4) is 0 Å². The molecule has 1 fully saturated rings. The second-order valence-electron chi connectivity index (χ2n) is 5.04. The predicted molar refractivity (Wildman–Crippen MR) is 80.0 cm³/mol. The minimum atomic E-state index is 0.432. The number of morpholine rings is 1. The van der Waals surface area contributed by atoms with Crippen LogP contribution in [0.25, 0.3) is 0 Å². The van der Waals surface area contributed by atoms with Crippen LogP contribution < -0.4 is 4.90 Å². The third-order valence-corrected chi connectivity index (χ3v) is 3.89. The number of anilines is 1. The molecule has 1 aromatic heterocycles. The van der Waals surface area contributed by atoms with Gasteiger partial charge in [0.2, 0.25) is 0 Å². The van der Waals surface area contributed by atoms with Crippen LogP contribution in [0.1, 0.15) is 37.9 Å². The number of aryl methyl sites for hydroxylation is 1. The Morgan fingerprint density at radius 2 is 2.26 bits per heavy atom. The van der Waals surface area contributed by atoms with Gasteiger partial charge in [0.15, 0.2) is 0 Å². The van der Waals surface area contributed by atoms with Crippen molar-refractivity contribution >= 4 is 17.4 Å². The monoisotopic (exact) mass is 282 g/mol. The summed E-state index contributed by atoms with van der Waals surface area (Å²) in [7, 11) is 0. The van der Waals surface area contributed by atoms with Crippen LogP contribution in [0.4, 0.5) is 5.82 Å². The van der Waals surface area contributed by atoms with Gasteiger partial charge in [-0.05, 0) is 30.5 Å². The van der Waals surface area contributed by atoms with E-state index in [1.807, 2.05) is 0 Å². The number of hydrogen-bond donors (Lipinski definition) is 0. The van der Waals surface area contributed by atoms with E-state index in [9.17, 15) is 0 Å². The summed E-state index contributed by atoms with van der Waals surface area (Å²) < 4.78 is 5.56. The highest BCUT2D eigenvalue weighted by Gasteiger charge is 2.23. The van der Waals surface area contributed by atoms with Crippen molar-refractivity contribution in [2.24, 2.45) is 0 Å². The number of ether oxygens (including phenoxy) is 1. The summed E-state index contributed by atoms with van der Waals surface area (Å²) in [5.74, 6) is 1.62. The standard InChI is InChI=1S/C15H23ClN2O/c1-3-5-13-8-12(10-16)9-15(17-13)18-6-7-19-11-14(18)4-2/h8-9,14H,3-7,10-11H2,1-2H3. The van der Waals surface area contributed by atoms with Gasteiger partial charge in [-0.2, -0.15) is 0 Å². The molecular weight excluding hydrogens is 260 g/mol. The number of alkyl halides is 1. The molecule has 1 saturated heterocycles. The van der Waals surface area contributed by atoms with Crippen molar-refractivity contribution < 1.29 is 4.74 Å². The van der Waals surface area contributed by atoms with Gasteiger partial charge in [0, 0.05) is 18.1 Å². The molecule has 1 aliphatic heterocycles. The van der Waals surface area contributed by atoms with Gasteiger partial charge in [-0.15, -0.1) is 11.6 Å². The quantitative estimate of drug-likeness (QED) is 0.774. The van der Waals surface area contributed by atoms with Gasteiger partial charge < -0.3 is 9.64 Å². The molecule has 0 N–H and O–H groups in total. The maximum Gasteiger partial charge on any atom is 0.129 e. The number of hydrogen-bond acceptors (Lipinski definition) is 3. The Labute approximate surface area is 120 Å². The van der Waals surface area contributed by atoms with Gasteiger partial charge in [0.05, 0.1) is 19.3 Å². The molecular formula is C15H23ClN2O. The maximum absolute atomic E-state index is 6.01. The molecule has 106 valence electrons. The van der Waals surface area contributed by atoms with Gasteiger partial charge >= 0.3 is 0 Å². The van der Waals surface area contributed by atoms with Crippen LogP contribution in [0.3, 0.4) is 0 Å². The molecule has 3 nitrogen and oxygen atoms in total. The van der Waals surface area contributed by atoms with Crippen LogP contribution in [0.5, 0.6) is 0 Å². The van der Waals surface area contributed by atoms with E-state index >= 15 is 0 Å². The zero-order valence-corrected chi connectivity index (χ0v) is 12.6. The first-order valence-electron chi connectivity index (χ1n) is 7.18. The van der Waals surface area contributed by atoms with Crippen molar-refractivity contribution in [1.29, 1.82) is 0 Å². The van der Waals surface area contributed by atoms with Crippen molar-refractivity contribution in [2.45, 2.75) is 45.0 Å². The Kier molecular flexibility index (Phi) is 5.46. The number of aromatic nitrogens is 1. The van der Waals surface area contributed by atoms with Crippen molar-refractivity contribution in [3.05, 3.63) is 23.4 Å². The molecule has 0 amide bonds. The summed E-state index contributed by atoms with van der Waals surface area (Å²) in [6.07, 6.45) is 3.20. The molecule has 0 aromatic carbocycles. The highest BCUT2D eigenvalue weighted by atomic mass is 35.5. The minimum absolute atomic E-state index is 0.432. The van der Waals surface area contributed by atoms with Gasteiger partial charge in [0.25, 0.3) is 0 Å². The molecule has 4 heteroatoms. The van der Waals surface area contributed by atoms with Crippen LogP contribution in [0, 0.1) is 0 Å². The summed E-state index contributed by atoms with van der Waals surface area (Å²) in [6, 6.07) is 4.68. The van der Waals surface area contributed by atoms with E-state index in [4.69, 9.17) is 21.3 Å². The maximum atomic E-state index is 6.01. The Morgan fingerprint density at radius 1 is 1.42 bits per heavy atom. The lowest BCUT2D eigenvalue weighted by Crippen LogP contribution is -2.45. The van der Waals surface area contributed by atoms with Gasteiger partial charge in [0.1, 0.15) is 5.82 Å². The zero-order chi connectivity index (χ0) is 13.7. The largest absolute Gasteiger partial charge is 0.377 e. The van der Waals surface area contributed by atoms with E-state index in [2.05, 4.69) is 30.9 Å². The van der Waals surface area contributed by atoms with E-state index in [1.54, 1.807) is 0 Å². The molecule has 2 rings (SSSR count). The molecule has 0 aliphatic carbocycles. The molecule has 0 saturated carbocycles. The molecule has 1 aliphatic rings. The number of halogens is 1. The first kappa shape index (κ1) is 14.6. The summed E-state index contributed by atoms with van der Waals surface area (Å²) >= 11 is 6.01. The second-order valence-corrected chi connectivity index (χ2v) is 5.31. The van der Waals surface area contributed by atoms with Crippen molar-refractivity contribution in [2.75, 3.05) is 24.7 Å². The van der Waals surface area contributed by atoms with Crippen molar-refractivity contribution in [1.82, 2.24) is 4.98 Å². The normalized spacial score (nSPS) is 19.7. The molecule has 19 heavy (non-hydrogen) atoms. The van der Waals surface area contributed by atoms with E-state index in [1.165, 1.54) is 0 Å². The van der Waals surface area contributed by atoms with Gasteiger partial charge in [-0.1, -0.05) is 20.3 Å². The van der Waals surface area contributed by atoms with Crippen LogP contribution in [-0.2, 0) is 17.0 Å². The van der Waals surface area contributed by atoms with E-state index in [-0.39, 0.29) is 0 Å². The fourth-order valence-electron chi connectivity index (χ4n) is 2.54. The summed E-state index contributed by atoms with van der Waals surface area (Å²) in [6.45, 7) is 6.88. The van der Waals surface area contributed by atoms with E-state index in [0.29, 0.717) is 11.9 Å². The van der Waals surface area contributed by atoms with E-state index < -0.39 is 0 Å². The highest BCUT2D eigenvalue weighted by Crippen LogP contribution is 2.22. The van der Waals surface area contributed by atoms with Crippen LogP contribution in [0.2, 0.25) is 0 Å². The third kappa shape index (κ3) is 3.61. The fraction of sp³-hybridized carbons (Fsp3) is 0.667. The zero-order valence-electron chi connectivity index (χ0n) is 11.9. The lowest BCUT2D eigenvalue weighted by molar-refractivity contribution is 0.0925. The van der Waals surface area contributed by atoms with Crippen LogP contribution in [-0.4, -0.2) is 30.8 Å². The number of nitrogens with zero attached hydrogens (tertiary/aromatic N) is 2. The third-order valence-electron chi connectivity index (χ3n) is 3.58. The average Bonchev–Trinajstić information content (AvgIpc) is 2.47. The molecule has 2 heterocycles. The summed E-state index contributed by atoms with van der Waals surface area (Å²) in [5.41, 5.74) is 2.31. The van der Waals surface area contributed by atoms with Crippen LogP contribution >= 0.6 is 11.6 Å². The van der Waals surface area contributed by atoms with Gasteiger partial charge in [-0.25, -0.2) is 4.98 Å². The molecule has 1 atom stereocenters. The minimum Gasteiger partial charge on any atom is -0.377 e. The van der Waals surface area contributed by atoms with Crippen LogP contribution in [0.15, 0.2) is 12.1 Å². The topological polar surface area (TPSA) is 25.4 Å². The first-order valence-corrected chi connectivity index (χ1v) is 7.72. The first-order chi connectivity index (χ1) is 9.28. The Bertz CT molecular complexity index is 411. The number of pyridine rings is 1. The molecule has 1 unspecified atom stereocenters. The molecule has 1 aromatic rings. The summed E-state index contributed by atoms with van der Waals surface area (Å²) in [5, 5.41) is 0. The molecule has 0 radical (unpaired) electrons. The van der Waals surface area contributed by atoms with E-state index in [0.717, 1.165) is 56.1 Å². The highest BCUT2D eigenvalue weighted by molar-refractivity contribution is 6.17. The average molecular weight is 283 g/mol. The SMILES string of the molecule is CCCc1cc(CCl)cc(N2CCOCC2CC)n1. The fourth-order valence-corrected chi connectivity index (χ4v) is 2.69. The molecule has 0 spiro atoms. The summed E-state index contributed by atoms with van der Waals surface area (Å²) in [4.78, 5) is 7.18. The number of rotatable bonds is 5.